The lowest BCUT2D eigenvalue weighted by Crippen LogP contribution is -2.53. The van der Waals surface area contributed by atoms with Gasteiger partial charge >= 0.3 is 6.09 Å². The van der Waals surface area contributed by atoms with E-state index in [1.165, 1.54) is 0 Å². The Morgan fingerprint density at radius 1 is 0.720 bits per heavy atom. The van der Waals surface area contributed by atoms with Crippen LogP contribution in [0.5, 0.6) is 0 Å². The first-order valence-electron chi connectivity index (χ1n) is 16.4. The summed E-state index contributed by atoms with van der Waals surface area (Å²) >= 11 is 0. The van der Waals surface area contributed by atoms with Crippen LogP contribution in [-0.2, 0) is 32.1 Å². The summed E-state index contributed by atoms with van der Waals surface area (Å²) in [5, 5.41) is 16.0. The highest BCUT2D eigenvalue weighted by molar-refractivity contribution is 5.95. The maximum absolute atomic E-state index is 14.0. The summed E-state index contributed by atoms with van der Waals surface area (Å²) in [7, 11) is 0. The summed E-state index contributed by atoms with van der Waals surface area (Å²) in [6.07, 6.45) is 1.47. The van der Waals surface area contributed by atoms with Crippen molar-refractivity contribution in [2.45, 2.75) is 63.1 Å². The Labute approximate surface area is 291 Å². The SMILES string of the molecule is N=C(N)c1ccc(CC(C(=O)N[C@@H](CCCCNC(=O)OCc2ccccc2)C(=O)N[C@@H](CCCN=C(N)N)C(N)=O)c2ccccc2)cc1. The van der Waals surface area contributed by atoms with Crippen LogP contribution in [0, 0.1) is 5.41 Å². The van der Waals surface area contributed by atoms with Crippen molar-refractivity contribution in [3.63, 3.8) is 0 Å². The highest BCUT2D eigenvalue weighted by atomic mass is 16.5. The predicted octanol–water partition coefficient (Wildman–Crippen LogP) is 1.90. The molecular formula is C36H47N9O5. The fourth-order valence-electron chi connectivity index (χ4n) is 5.14. The third kappa shape index (κ3) is 13.7. The van der Waals surface area contributed by atoms with Crippen LogP contribution < -0.4 is 38.9 Å². The van der Waals surface area contributed by atoms with Gasteiger partial charge in [-0.15, -0.1) is 0 Å². The summed E-state index contributed by atoms with van der Waals surface area (Å²) in [5.74, 6) is -2.51. The van der Waals surface area contributed by atoms with E-state index in [2.05, 4.69) is 20.9 Å². The molecule has 0 aliphatic carbocycles. The molecule has 0 saturated carbocycles. The van der Waals surface area contributed by atoms with E-state index in [9.17, 15) is 19.2 Å². The van der Waals surface area contributed by atoms with Crippen molar-refractivity contribution in [1.29, 1.82) is 5.41 Å². The second-order valence-corrected chi connectivity index (χ2v) is 11.7. The molecule has 1 unspecified atom stereocenters. The molecule has 266 valence electrons. The molecule has 0 aliphatic heterocycles. The Balaban J connectivity index is 1.70. The van der Waals surface area contributed by atoms with Crippen LogP contribution in [0.1, 0.15) is 60.3 Å². The van der Waals surface area contributed by atoms with Gasteiger partial charge in [-0.25, -0.2) is 4.79 Å². The number of nitrogens with two attached hydrogens (primary N) is 4. The Kier molecular flexibility index (Phi) is 15.8. The van der Waals surface area contributed by atoms with Crippen LogP contribution in [0.25, 0.3) is 0 Å². The zero-order valence-electron chi connectivity index (χ0n) is 28.0. The van der Waals surface area contributed by atoms with Crippen LogP contribution in [0.4, 0.5) is 4.79 Å². The van der Waals surface area contributed by atoms with Gasteiger partial charge in [0.05, 0.1) is 5.92 Å². The second-order valence-electron chi connectivity index (χ2n) is 11.7. The standard InChI is InChI=1S/C36H47N9O5/c37-31(38)27-18-16-24(17-19-27)22-28(26-12-5-2-6-13-26)33(47)45-30(34(48)44-29(32(39)46)15-9-21-42-35(40)41)14-7-8-20-43-36(49)50-23-25-10-3-1-4-11-25/h1-6,10-13,16-19,28-30H,7-9,14-15,20-23H2,(H3,37,38)(H2,39,46)(H,43,49)(H,44,48)(H,45,47)(H4,40,41,42)/t28?,29-,30-/m0/s1. The quantitative estimate of drug-likeness (QED) is 0.0494. The minimum Gasteiger partial charge on any atom is -0.445 e. The number of aliphatic imine (C=N–C) groups is 1. The van der Waals surface area contributed by atoms with Crippen molar-refractivity contribution < 1.29 is 23.9 Å². The number of primary amides is 1. The van der Waals surface area contributed by atoms with E-state index in [0.717, 1.165) is 16.7 Å². The topological polar surface area (TPSA) is 254 Å². The van der Waals surface area contributed by atoms with Crippen molar-refractivity contribution >= 4 is 35.6 Å². The average molecular weight is 686 g/mol. The monoisotopic (exact) mass is 685 g/mol. The number of rotatable bonds is 20. The van der Waals surface area contributed by atoms with Crippen LogP contribution in [-0.4, -0.2) is 60.8 Å². The summed E-state index contributed by atoms with van der Waals surface area (Å²) < 4.78 is 5.25. The number of alkyl carbamates (subject to hydrolysis) is 1. The van der Waals surface area contributed by atoms with E-state index < -0.39 is 41.8 Å². The Morgan fingerprint density at radius 2 is 1.34 bits per heavy atom. The molecule has 0 aliphatic rings. The van der Waals surface area contributed by atoms with Crippen molar-refractivity contribution in [3.05, 3.63) is 107 Å². The molecule has 0 saturated heterocycles. The normalized spacial score (nSPS) is 12.4. The Bertz CT molecular complexity index is 1580. The predicted molar refractivity (Wildman–Crippen MR) is 192 cm³/mol. The zero-order chi connectivity index (χ0) is 36.3. The molecule has 14 heteroatoms. The minimum atomic E-state index is -1.02. The first kappa shape index (κ1) is 38.5. The number of ether oxygens (including phenoxy) is 1. The number of nitrogen functional groups attached to an aromatic ring is 1. The molecule has 0 bridgehead atoms. The molecule has 0 fully saturated rings. The van der Waals surface area contributed by atoms with Gasteiger partial charge in [0.15, 0.2) is 5.96 Å². The summed E-state index contributed by atoms with van der Waals surface area (Å²) in [5.41, 5.74) is 25.0. The van der Waals surface area contributed by atoms with Crippen LogP contribution in [0.2, 0.25) is 0 Å². The van der Waals surface area contributed by atoms with Crippen molar-refractivity contribution in [1.82, 2.24) is 16.0 Å². The van der Waals surface area contributed by atoms with Crippen LogP contribution >= 0.6 is 0 Å². The zero-order valence-corrected chi connectivity index (χ0v) is 28.0. The summed E-state index contributed by atoms with van der Waals surface area (Å²) in [6.45, 7) is 0.667. The van der Waals surface area contributed by atoms with Gasteiger partial charge in [-0.2, -0.15) is 0 Å². The number of hydrogen-bond acceptors (Lipinski definition) is 7. The maximum Gasteiger partial charge on any atom is 0.407 e. The van der Waals surface area contributed by atoms with E-state index in [-0.39, 0.29) is 44.3 Å². The number of amidine groups is 1. The number of unbranched alkanes of at least 4 members (excludes halogenated alkanes) is 1. The molecule has 3 aromatic rings. The molecule has 0 spiro atoms. The van der Waals surface area contributed by atoms with E-state index in [0.29, 0.717) is 31.2 Å². The summed E-state index contributed by atoms with van der Waals surface area (Å²) in [6, 6.07) is 23.5. The van der Waals surface area contributed by atoms with Crippen molar-refractivity contribution in [2.24, 2.45) is 27.9 Å². The van der Waals surface area contributed by atoms with Gasteiger partial charge in [0, 0.05) is 18.7 Å². The number of carbonyl (C=O) groups is 4. The van der Waals surface area contributed by atoms with E-state index in [1.807, 2.05) is 72.8 Å². The molecule has 14 nitrogen and oxygen atoms in total. The number of nitrogens with zero attached hydrogens (tertiary/aromatic N) is 1. The largest absolute Gasteiger partial charge is 0.445 e. The number of benzene rings is 3. The number of carbonyl (C=O) groups excluding carboxylic acids is 4. The number of nitrogens with one attached hydrogen (secondary N) is 4. The molecule has 0 radical (unpaired) electrons. The first-order chi connectivity index (χ1) is 24.0. The highest BCUT2D eigenvalue weighted by Gasteiger charge is 2.29. The first-order valence-corrected chi connectivity index (χ1v) is 16.4. The fraction of sp³-hybridized carbons (Fsp3) is 0.333. The van der Waals surface area contributed by atoms with Gasteiger partial charge in [0.1, 0.15) is 24.5 Å². The smallest absolute Gasteiger partial charge is 0.407 e. The summed E-state index contributed by atoms with van der Waals surface area (Å²) in [4.78, 5) is 55.9. The van der Waals surface area contributed by atoms with Gasteiger partial charge in [-0.1, -0.05) is 84.9 Å². The highest BCUT2D eigenvalue weighted by Crippen LogP contribution is 2.22. The van der Waals surface area contributed by atoms with Gasteiger partial charge < -0.3 is 43.6 Å². The van der Waals surface area contributed by atoms with Gasteiger partial charge in [0.25, 0.3) is 0 Å². The minimum absolute atomic E-state index is 0.0625. The van der Waals surface area contributed by atoms with Gasteiger partial charge in [-0.05, 0) is 55.2 Å². The van der Waals surface area contributed by atoms with E-state index in [1.54, 1.807) is 12.1 Å². The molecule has 3 aromatic carbocycles. The molecule has 0 heterocycles. The van der Waals surface area contributed by atoms with Crippen LogP contribution in [0.15, 0.2) is 89.9 Å². The Hall–Kier alpha value is -5.92. The fourth-order valence-corrected chi connectivity index (χ4v) is 5.14. The molecule has 12 N–H and O–H groups in total. The van der Waals surface area contributed by atoms with Gasteiger partial charge in [0.2, 0.25) is 17.7 Å². The lowest BCUT2D eigenvalue weighted by molar-refractivity contribution is -0.132. The number of amides is 4. The van der Waals surface area contributed by atoms with Crippen molar-refractivity contribution in [3.8, 4) is 0 Å². The van der Waals surface area contributed by atoms with Crippen molar-refractivity contribution in [2.75, 3.05) is 13.1 Å². The van der Waals surface area contributed by atoms with Crippen LogP contribution in [0.3, 0.4) is 0 Å². The van der Waals surface area contributed by atoms with E-state index in [4.69, 9.17) is 33.1 Å². The number of guanidine groups is 1. The molecule has 0 aromatic heterocycles. The molecular weight excluding hydrogens is 638 g/mol. The Morgan fingerprint density at radius 3 is 1.96 bits per heavy atom. The lowest BCUT2D eigenvalue weighted by atomic mass is 9.90. The average Bonchev–Trinajstić information content (AvgIpc) is 3.10. The maximum atomic E-state index is 14.0. The molecule has 3 atom stereocenters. The van der Waals surface area contributed by atoms with E-state index >= 15 is 0 Å². The molecule has 3 rings (SSSR count). The van der Waals surface area contributed by atoms with Gasteiger partial charge in [-0.3, -0.25) is 24.8 Å². The second kappa shape index (κ2) is 20.4. The third-order valence-electron chi connectivity index (χ3n) is 7.86. The number of hydrogen-bond donors (Lipinski definition) is 8. The third-order valence-corrected chi connectivity index (χ3v) is 7.86. The molecule has 4 amide bonds. The molecule has 50 heavy (non-hydrogen) atoms. The lowest BCUT2D eigenvalue weighted by Gasteiger charge is -2.25.